The van der Waals surface area contributed by atoms with Crippen LogP contribution in [0.4, 0.5) is 0 Å². The van der Waals surface area contributed by atoms with Crippen LogP contribution in [0.2, 0.25) is 0 Å². The minimum Gasteiger partial charge on any atom is -0.366 e. The van der Waals surface area contributed by atoms with Gasteiger partial charge in [-0.2, -0.15) is 5.10 Å². The minimum absolute atomic E-state index is 0.395. The number of nitrogens with zero attached hydrogens (tertiary/aromatic N) is 4. The molecule has 1 aromatic heterocycles. The highest BCUT2D eigenvalue weighted by Crippen LogP contribution is 2.20. The van der Waals surface area contributed by atoms with E-state index in [1.54, 1.807) is 12.4 Å². The van der Waals surface area contributed by atoms with Crippen molar-refractivity contribution >= 4 is 5.91 Å². The van der Waals surface area contributed by atoms with Gasteiger partial charge in [0.1, 0.15) is 0 Å². The van der Waals surface area contributed by atoms with Gasteiger partial charge in [-0.1, -0.05) is 0 Å². The first-order valence-corrected chi connectivity index (χ1v) is 7.01. The number of carbonyl (C=O) groups is 1. The van der Waals surface area contributed by atoms with E-state index in [1.165, 1.54) is 32.5 Å². The van der Waals surface area contributed by atoms with Gasteiger partial charge in [0.05, 0.1) is 17.8 Å². The normalized spacial score (nSPS) is 21.7. The predicted octanol–water partition coefficient (Wildman–Crippen LogP) is -0.0655. The number of amides is 1. The molecular formula is C13H21N5O. The Morgan fingerprint density at radius 3 is 2.58 bits per heavy atom. The highest BCUT2D eigenvalue weighted by atomic mass is 16.1. The summed E-state index contributed by atoms with van der Waals surface area (Å²) < 4.78 is 1.87. The summed E-state index contributed by atoms with van der Waals surface area (Å²) in [5.41, 5.74) is 5.72. The second-order valence-electron chi connectivity index (χ2n) is 5.54. The Balaban J connectivity index is 1.42. The summed E-state index contributed by atoms with van der Waals surface area (Å²) in [6, 6.07) is 0.395. The number of hydrogen-bond donors (Lipinski definition) is 1. The van der Waals surface area contributed by atoms with E-state index < -0.39 is 5.91 Å². The van der Waals surface area contributed by atoms with E-state index in [1.807, 2.05) is 4.68 Å². The second kappa shape index (κ2) is 5.30. The molecule has 2 aliphatic heterocycles. The van der Waals surface area contributed by atoms with Gasteiger partial charge in [0.2, 0.25) is 0 Å². The van der Waals surface area contributed by atoms with Crippen LogP contribution in [0.1, 0.15) is 29.2 Å². The Labute approximate surface area is 113 Å². The fourth-order valence-corrected chi connectivity index (χ4v) is 2.85. The third-order valence-corrected chi connectivity index (χ3v) is 4.13. The molecule has 3 heterocycles. The van der Waals surface area contributed by atoms with Crippen LogP contribution >= 0.6 is 0 Å². The van der Waals surface area contributed by atoms with E-state index in [-0.39, 0.29) is 0 Å². The summed E-state index contributed by atoms with van der Waals surface area (Å²) in [6.07, 6.45) is 6.01. The van der Waals surface area contributed by atoms with Gasteiger partial charge in [-0.3, -0.25) is 14.4 Å². The number of nitrogens with two attached hydrogens (primary N) is 1. The van der Waals surface area contributed by atoms with Crippen LogP contribution in [0.5, 0.6) is 0 Å². The van der Waals surface area contributed by atoms with Crippen molar-refractivity contribution in [3.63, 3.8) is 0 Å². The summed E-state index contributed by atoms with van der Waals surface area (Å²) in [5, 5.41) is 4.21. The maximum atomic E-state index is 11.0. The molecule has 0 aromatic carbocycles. The SMILES string of the molecule is NC(=O)c1cnn(C2CN(CCN3CCCC3)C2)c1. The van der Waals surface area contributed by atoms with Crippen LogP contribution in [0.15, 0.2) is 12.4 Å². The van der Waals surface area contributed by atoms with Crippen molar-refractivity contribution in [3.8, 4) is 0 Å². The molecule has 2 fully saturated rings. The number of hydrogen-bond acceptors (Lipinski definition) is 4. The van der Waals surface area contributed by atoms with Gasteiger partial charge in [0.25, 0.3) is 5.91 Å². The van der Waals surface area contributed by atoms with E-state index in [0.717, 1.165) is 19.6 Å². The van der Waals surface area contributed by atoms with Crippen LogP contribution in [0, 0.1) is 0 Å². The monoisotopic (exact) mass is 263 g/mol. The lowest BCUT2D eigenvalue weighted by molar-refractivity contribution is 0.0875. The molecule has 1 amide bonds. The van der Waals surface area contributed by atoms with Gasteiger partial charge in [0, 0.05) is 32.4 Å². The lowest BCUT2D eigenvalue weighted by atomic mass is 10.1. The van der Waals surface area contributed by atoms with Gasteiger partial charge < -0.3 is 10.6 Å². The summed E-state index contributed by atoms with van der Waals surface area (Å²) in [7, 11) is 0. The molecule has 3 rings (SSSR count). The number of aromatic nitrogens is 2. The zero-order chi connectivity index (χ0) is 13.2. The molecule has 0 spiro atoms. The van der Waals surface area contributed by atoms with E-state index in [0.29, 0.717) is 11.6 Å². The summed E-state index contributed by atoms with van der Waals surface area (Å²) in [4.78, 5) is 16.0. The fraction of sp³-hybridized carbons (Fsp3) is 0.692. The van der Waals surface area contributed by atoms with Crippen molar-refractivity contribution in [3.05, 3.63) is 18.0 Å². The van der Waals surface area contributed by atoms with Crippen molar-refractivity contribution < 1.29 is 4.79 Å². The van der Waals surface area contributed by atoms with Crippen molar-refractivity contribution in [1.82, 2.24) is 19.6 Å². The Morgan fingerprint density at radius 1 is 1.26 bits per heavy atom. The average Bonchev–Trinajstić information content (AvgIpc) is 2.96. The third-order valence-electron chi connectivity index (χ3n) is 4.13. The van der Waals surface area contributed by atoms with Crippen molar-refractivity contribution in [2.45, 2.75) is 18.9 Å². The molecule has 0 unspecified atom stereocenters. The molecule has 0 aliphatic carbocycles. The van der Waals surface area contributed by atoms with E-state index in [4.69, 9.17) is 5.73 Å². The van der Waals surface area contributed by atoms with Gasteiger partial charge in [0.15, 0.2) is 0 Å². The molecular weight excluding hydrogens is 242 g/mol. The Hall–Kier alpha value is -1.40. The number of likely N-dealkylation sites (tertiary alicyclic amines) is 2. The molecule has 2 saturated heterocycles. The number of carbonyl (C=O) groups excluding carboxylic acids is 1. The molecule has 6 nitrogen and oxygen atoms in total. The van der Waals surface area contributed by atoms with Crippen LogP contribution in [0.25, 0.3) is 0 Å². The molecule has 6 heteroatoms. The number of primary amides is 1. The average molecular weight is 263 g/mol. The smallest absolute Gasteiger partial charge is 0.251 e. The molecule has 2 aliphatic rings. The van der Waals surface area contributed by atoms with Crippen molar-refractivity contribution in [2.24, 2.45) is 5.73 Å². The first-order valence-electron chi connectivity index (χ1n) is 7.01. The molecule has 19 heavy (non-hydrogen) atoms. The van der Waals surface area contributed by atoms with E-state index in [9.17, 15) is 4.79 Å². The van der Waals surface area contributed by atoms with Gasteiger partial charge in [-0.25, -0.2) is 0 Å². The van der Waals surface area contributed by atoms with Gasteiger partial charge in [-0.05, 0) is 25.9 Å². The lowest BCUT2D eigenvalue weighted by Gasteiger charge is -2.39. The Morgan fingerprint density at radius 2 is 1.95 bits per heavy atom. The summed E-state index contributed by atoms with van der Waals surface area (Å²) in [6.45, 7) is 6.89. The highest BCUT2D eigenvalue weighted by molar-refractivity contribution is 5.92. The Bertz CT molecular complexity index is 446. The standard InChI is InChI=1S/C13H21N5O/c14-13(19)11-7-15-18(8-11)12-9-17(10-12)6-5-16-3-1-2-4-16/h7-8,12H,1-6,9-10H2,(H2,14,19). The van der Waals surface area contributed by atoms with Gasteiger partial charge >= 0.3 is 0 Å². The molecule has 2 N–H and O–H groups in total. The van der Waals surface area contributed by atoms with E-state index in [2.05, 4.69) is 14.9 Å². The van der Waals surface area contributed by atoms with Crippen molar-refractivity contribution in [1.29, 1.82) is 0 Å². The molecule has 104 valence electrons. The zero-order valence-electron chi connectivity index (χ0n) is 11.2. The quantitative estimate of drug-likeness (QED) is 0.808. The van der Waals surface area contributed by atoms with Crippen LogP contribution < -0.4 is 5.73 Å². The summed E-state index contributed by atoms with van der Waals surface area (Å²) >= 11 is 0. The van der Waals surface area contributed by atoms with Crippen LogP contribution in [-0.4, -0.2) is 64.8 Å². The zero-order valence-corrected chi connectivity index (χ0v) is 11.2. The topological polar surface area (TPSA) is 67.4 Å². The molecule has 0 radical (unpaired) electrons. The minimum atomic E-state index is -0.406. The maximum Gasteiger partial charge on any atom is 0.251 e. The lowest BCUT2D eigenvalue weighted by Crippen LogP contribution is -2.50. The molecule has 0 saturated carbocycles. The van der Waals surface area contributed by atoms with Crippen LogP contribution in [0.3, 0.4) is 0 Å². The Kier molecular flexibility index (Phi) is 3.52. The molecule has 0 bridgehead atoms. The van der Waals surface area contributed by atoms with Gasteiger partial charge in [-0.15, -0.1) is 0 Å². The van der Waals surface area contributed by atoms with E-state index >= 15 is 0 Å². The molecule has 0 atom stereocenters. The first kappa shape index (κ1) is 12.6. The fourth-order valence-electron chi connectivity index (χ4n) is 2.85. The summed E-state index contributed by atoms with van der Waals surface area (Å²) in [5.74, 6) is -0.406. The van der Waals surface area contributed by atoms with Crippen molar-refractivity contribution in [2.75, 3.05) is 39.3 Å². The molecule has 1 aromatic rings. The largest absolute Gasteiger partial charge is 0.366 e. The third kappa shape index (κ3) is 2.79. The second-order valence-corrected chi connectivity index (χ2v) is 5.54. The maximum absolute atomic E-state index is 11.0. The number of rotatable bonds is 5. The van der Waals surface area contributed by atoms with Crippen LogP contribution in [-0.2, 0) is 0 Å². The highest BCUT2D eigenvalue weighted by Gasteiger charge is 2.29. The first-order chi connectivity index (χ1) is 9.22. The predicted molar refractivity (Wildman–Crippen MR) is 71.9 cm³/mol.